The molecule has 26 heavy (non-hydrogen) atoms. The molecule has 1 fully saturated rings. The summed E-state index contributed by atoms with van der Waals surface area (Å²) in [6.45, 7) is 2.62. The number of amides is 1. The number of halogens is 1. The topological polar surface area (TPSA) is 71.5 Å². The minimum Gasteiger partial charge on any atom is -0.460 e. The van der Waals surface area contributed by atoms with Crippen molar-refractivity contribution in [2.24, 2.45) is 5.73 Å². The van der Waals surface area contributed by atoms with Crippen molar-refractivity contribution in [3.63, 3.8) is 0 Å². The maximum Gasteiger partial charge on any atom is 0.221 e. The molecule has 0 aliphatic carbocycles. The molecule has 0 radical (unpaired) electrons. The predicted molar refractivity (Wildman–Crippen MR) is 98.8 cm³/mol. The van der Waals surface area contributed by atoms with E-state index < -0.39 is 0 Å². The fraction of sp³-hybridized carbons (Fsp3) is 0.450. The van der Waals surface area contributed by atoms with Crippen molar-refractivity contribution in [1.29, 1.82) is 0 Å². The molecule has 2 aromatic rings. The minimum absolute atomic E-state index is 0.00198. The van der Waals surface area contributed by atoms with Gasteiger partial charge in [-0.1, -0.05) is 18.6 Å². The van der Waals surface area contributed by atoms with Crippen molar-refractivity contribution < 1.29 is 13.6 Å². The maximum absolute atomic E-state index is 13.9. The second-order valence-corrected chi connectivity index (χ2v) is 6.71. The van der Waals surface area contributed by atoms with Crippen LogP contribution in [0.5, 0.6) is 0 Å². The summed E-state index contributed by atoms with van der Waals surface area (Å²) in [5.41, 5.74) is 5.89. The molecule has 3 N–H and O–H groups in total. The molecule has 0 saturated carbocycles. The summed E-state index contributed by atoms with van der Waals surface area (Å²) < 4.78 is 19.8. The second-order valence-electron chi connectivity index (χ2n) is 6.71. The van der Waals surface area contributed by atoms with Gasteiger partial charge < -0.3 is 15.5 Å². The summed E-state index contributed by atoms with van der Waals surface area (Å²) in [6, 6.07) is 10.6. The summed E-state index contributed by atoms with van der Waals surface area (Å²) in [6.07, 6.45) is 3.70. The molecule has 1 aliphatic rings. The van der Waals surface area contributed by atoms with E-state index >= 15 is 0 Å². The second kappa shape index (κ2) is 8.96. The Morgan fingerprint density at radius 1 is 1.27 bits per heavy atom. The molecule has 1 atom stereocenters. The smallest absolute Gasteiger partial charge is 0.221 e. The Labute approximate surface area is 153 Å². The molecular weight excluding hydrogens is 333 g/mol. The molecule has 1 aromatic carbocycles. The molecule has 2 heterocycles. The van der Waals surface area contributed by atoms with Crippen molar-refractivity contribution in [2.45, 2.75) is 38.3 Å². The van der Waals surface area contributed by atoms with E-state index in [0.717, 1.165) is 31.6 Å². The number of rotatable bonds is 7. The number of hydrogen-bond acceptors (Lipinski definition) is 4. The number of carbonyl (C=O) groups is 1. The standard InChI is InChI=1S/C20H26FN3O2/c21-18-7-2-1-6-17(18)19-9-8-16(26-19)14-24-12-4-3-5-15(24)13-23-20(25)10-11-22/h1-2,6-9,15H,3-5,10-14,22H2,(H,23,25). The van der Waals surface area contributed by atoms with Crippen LogP contribution in [0.2, 0.25) is 0 Å². The fourth-order valence-corrected chi connectivity index (χ4v) is 3.42. The van der Waals surface area contributed by atoms with E-state index in [2.05, 4.69) is 10.2 Å². The van der Waals surface area contributed by atoms with Crippen LogP contribution in [0.15, 0.2) is 40.8 Å². The molecule has 6 heteroatoms. The molecular formula is C20H26FN3O2. The average Bonchev–Trinajstić information content (AvgIpc) is 3.10. The lowest BCUT2D eigenvalue weighted by atomic mass is 10.0. The zero-order valence-electron chi connectivity index (χ0n) is 14.9. The molecule has 1 saturated heterocycles. The molecule has 1 unspecified atom stereocenters. The molecule has 1 aromatic heterocycles. The van der Waals surface area contributed by atoms with E-state index in [1.807, 2.05) is 12.1 Å². The lowest BCUT2D eigenvalue weighted by Crippen LogP contribution is -2.46. The van der Waals surface area contributed by atoms with Crippen LogP contribution in [0.4, 0.5) is 4.39 Å². The fourth-order valence-electron chi connectivity index (χ4n) is 3.42. The number of likely N-dealkylation sites (tertiary alicyclic amines) is 1. The van der Waals surface area contributed by atoms with Gasteiger partial charge in [0, 0.05) is 25.6 Å². The van der Waals surface area contributed by atoms with E-state index in [1.54, 1.807) is 18.2 Å². The van der Waals surface area contributed by atoms with Crippen LogP contribution >= 0.6 is 0 Å². The number of furan rings is 1. The van der Waals surface area contributed by atoms with E-state index in [9.17, 15) is 9.18 Å². The van der Waals surface area contributed by atoms with Crippen LogP contribution in [0.1, 0.15) is 31.4 Å². The SMILES string of the molecule is NCCC(=O)NCC1CCCCN1Cc1ccc(-c2ccccc2F)o1. The van der Waals surface area contributed by atoms with Gasteiger partial charge in [0.25, 0.3) is 0 Å². The van der Waals surface area contributed by atoms with Gasteiger partial charge in [-0.25, -0.2) is 4.39 Å². The summed E-state index contributed by atoms with van der Waals surface area (Å²) in [4.78, 5) is 14.0. The molecule has 1 amide bonds. The average molecular weight is 359 g/mol. The highest BCUT2D eigenvalue weighted by Gasteiger charge is 2.24. The van der Waals surface area contributed by atoms with Crippen LogP contribution in [0.25, 0.3) is 11.3 Å². The Kier molecular flexibility index (Phi) is 6.41. The number of benzene rings is 1. The highest BCUT2D eigenvalue weighted by molar-refractivity contribution is 5.76. The van der Waals surface area contributed by atoms with Crippen molar-refractivity contribution in [3.8, 4) is 11.3 Å². The van der Waals surface area contributed by atoms with Crippen molar-refractivity contribution >= 4 is 5.91 Å². The Bertz CT molecular complexity index is 731. The van der Waals surface area contributed by atoms with E-state index in [-0.39, 0.29) is 17.8 Å². The first kappa shape index (κ1) is 18.6. The zero-order chi connectivity index (χ0) is 18.4. The van der Waals surface area contributed by atoms with Crippen molar-refractivity contribution in [1.82, 2.24) is 10.2 Å². The third-order valence-corrected chi connectivity index (χ3v) is 4.82. The summed E-state index contributed by atoms with van der Waals surface area (Å²) in [7, 11) is 0. The number of nitrogens with two attached hydrogens (primary N) is 1. The monoisotopic (exact) mass is 359 g/mol. The van der Waals surface area contributed by atoms with E-state index in [1.165, 1.54) is 6.07 Å². The lowest BCUT2D eigenvalue weighted by Gasteiger charge is -2.35. The third-order valence-electron chi connectivity index (χ3n) is 4.82. The quantitative estimate of drug-likeness (QED) is 0.797. The first-order chi connectivity index (χ1) is 12.7. The molecule has 0 spiro atoms. The van der Waals surface area contributed by atoms with Crippen molar-refractivity contribution in [2.75, 3.05) is 19.6 Å². The predicted octanol–water partition coefficient (Wildman–Crippen LogP) is 2.91. The van der Waals surface area contributed by atoms with Gasteiger partial charge in [0.2, 0.25) is 5.91 Å². The van der Waals surface area contributed by atoms with Gasteiger partial charge >= 0.3 is 0 Å². The Morgan fingerprint density at radius 2 is 2.12 bits per heavy atom. The Morgan fingerprint density at radius 3 is 2.92 bits per heavy atom. The van der Waals surface area contributed by atoms with Gasteiger partial charge in [-0.05, 0) is 43.7 Å². The molecule has 5 nitrogen and oxygen atoms in total. The van der Waals surface area contributed by atoms with Crippen LogP contribution in [0.3, 0.4) is 0 Å². The summed E-state index contributed by atoms with van der Waals surface area (Å²) in [5, 5.41) is 2.97. The van der Waals surface area contributed by atoms with Crippen LogP contribution in [0, 0.1) is 5.82 Å². The maximum atomic E-state index is 13.9. The number of nitrogens with one attached hydrogen (secondary N) is 1. The van der Waals surface area contributed by atoms with Crippen LogP contribution < -0.4 is 11.1 Å². The van der Waals surface area contributed by atoms with Crippen LogP contribution in [-0.4, -0.2) is 36.5 Å². The summed E-state index contributed by atoms with van der Waals surface area (Å²) >= 11 is 0. The van der Waals surface area contributed by atoms with Gasteiger partial charge in [0.05, 0.1) is 12.1 Å². The first-order valence-corrected chi connectivity index (χ1v) is 9.22. The lowest BCUT2D eigenvalue weighted by molar-refractivity contribution is -0.121. The van der Waals surface area contributed by atoms with Gasteiger partial charge in [-0.3, -0.25) is 9.69 Å². The largest absolute Gasteiger partial charge is 0.460 e. The normalized spacial score (nSPS) is 18.0. The van der Waals surface area contributed by atoms with Gasteiger partial charge in [0.15, 0.2) is 0 Å². The third kappa shape index (κ3) is 4.71. The van der Waals surface area contributed by atoms with Gasteiger partial charge in [0.1, 0.15) is 17.3 Å². The number of hydrogen-bond donors (Lipinski definition) is 2. The number of piperidine rings is 1. The number of nitrogens with zero attached hydrogens (tertiary/aromatic N) is 1. The molecule has 1 aliphatic heterocycles. The van der Waals surface area contributed by atoms with Gasteiger partial charge in [-0.2, -0.15) is 0 Å². The number of carbonyl (C=O) groups excluding carboxylic acids is 1. The highest BCUT2D eigenvalue weighted by atomic mass is 19.1. The molecule has 140 valence electrons. The van der Waals surface area contributed by atoms with Gasteiger partial charge in [-0.15, -0.1) is 0 Å². The molecule has 0 bridgehead atoms. The van der Waals surface area contributed by atoms with Crippen molar-refractivity contribution in [3.05, 3.63) is 48.0 Å². The molecule has 3 rings (SSSR count). The van der Waals surface area contributed by atoms with Crippen LogP contribution in [-0.2, 0) is 11.3 Å². The highest BCUT2D eigenvalue weighted by Crippen LogP contribution is 2.26. The first-order valence-electron chi connectivity index (χ1n) is 9.22. The van der Waals surface area contributed by atoms with E-state index in [4.69, 9.17) is 10.2 Å². The summed E-state index contributed by atoms with van der Waals surface area (Å²) in [5.74, 6) is 1.07. The Hall–Kier alpha value is -2.18. The minimum atomic E-state index is -0.285. The van der Waals surface area contributed by atoms with E-state index in [0.29, 0.717) is 37.4 Å². The zero-order valence-corrected chi connectivity index (χ0v) is 14.9. The Balaban J connectivity index is 1.63.